The van der Waals surface area contributed by atoms with E-state index in [0.717, 1.165) is 32.1 Å². The number of alkyl halides is 6. The Morgan fingerprint density at radius 2 is 1.61 bits per heavy atom. The Labute approximate surface area is 268 Å². The molecule has 0 aliphatic heterocycles. The zero-order valence-electron chi connectivity index (χ0n) is 27.7. The van der Waals surface area contributed by atoms with Gasteiger partial charge in [0, 0.05) is 34.7 Å². The number of nitrogens with zero attached hydrogens (tertiary/aromatic N) is 1. The van der Waals surface area contributed by atoms with Gasteiger partial charge in [-0.1, -0.05) is 66.5 Å². The average molecular weight is 656 g/mol. The lowest BCUT2D eigenvalue weighted by atomic mass is 9.88. The highest BCUT2D eigenvalue weighted by Crippen LogP contribution is 2.41. The number of benzene rings is 2. The average Bonchev–Trinajstić information content (AvgIpc) is 3.31. The molecule has 3 aromatic rings. The molecule has 256 valence electrons. The molecule has 0 aliphatic rings. The van der Waals surface area contributed by atoms with E-state index in [2.05, 4.69) is 13.8 Å². The van der Waals surface area contributed by atoms with Crippen molar-refractivity contribution in [2.24, 2.45) is 17.3 Å². The van der Waals surface area contributed by atoms with Crippen molar-refractivity contribution in [1.82, 2.24) is 4.57 Å². The number of ether oxygens (including phenoxy) is 2. The van der Waals surface area contributed by atoms with Crippen LogP contribution in [0.4, 0.5) is 26.3 Å². The number of hydrogen-bond donors (Lipinski definition) is 0. The first-order valence-electron chi connectivity index (χ1n) is 16.1. The topological polar surface area (TPSA) is 40.5 Å². The van der Waals surface area contributed by atoms with E-state index in [1.54, 1.807) is 50.2 Å². The number of carbonyl (C=O) groups excluding carboxylic acids is 1. The van der Waals surface area contributed by atoms with Gasteiger partial charge in [-0.3, -0.25) is 4.79 Å². The summed E-state index contributed by atoms with van der Waals surface area (Å²) in [5.74, 6) is -0.429. The predicted molar refractivity (Wildman–Crippen MR) is 170 cm³/mol. The summed E-state index contributed by atoms with van der Waals surface area (Å²) in [5.41, 5.74) is -0.470. The molecule has 2 aromatic carbocycles. The molecular weight excluding hydrogens is 608 g/mol. The van der Waals surface area contributed by atoms with Gasteiger partial charge >= 0.3 is 18.3 Å². The van der Waals surface area contributed by atoms with Gasteiger partial charge in [-0.15, -0.1) is 0 Å². The second kappa shape index (κ2) is 15.6. The second-order valence-corrected chi connectivity index (χ2v) is 13.4. The van der Waals surface area contributed by atoms with E-state index in [1.165, 1.54) is 13.0 Å². The van der Waals surface area contributed by atoms with Crippen LogP contribution in [0.15, 0.2) is 42.5 Å². The second-order valence-electron chi connectivity index (χ2n) is 13.4. The minimum atomic E-state index is -4.56. The van der Waals surface area contributed by atoms with Crippen molar-refractivity contribution >= 4 is 16.9 Å². The molecule has 0 radical (unpaired) electrons. The fourth-order valence-corrected chi connectivity index (χ4v) is 5.53. The van der Waals surface area contributed by atoms with Crippen molar-refractivity contribution in [2.45, 2.75) is 105 Å². The third-order valence-corrected chi connectivity index (χ3v) is 8.02. The smallest absolute Gasteiger partial charge is 0.417 e. The predicted octanol–water partition coefficient (Wildman–Crippen LogP) is 11.0. The molecule has 1 heterocycles. The monoisotopic (exact) mass is 655 g/mol. The van der Waals surface area contributed by atoms with E-state index in [-0.39, 0.29) is 17.9 Å². The molecule has 0 fully saturated rings. The van der Waals surface area contributed by atoms with E-state index >= 15 is 0 Å². The molecule has 0 bridgehead atoms. The number of rotatable bonds is 16. The number of halogens is 6. The van der Waals surface area contributed by atoms with E-state index in [1.807, 2.05) is 11.5 Å². The van der Waals surface area contributed by atoms with Crippen molar-refractivity contribution < 1.29 is 40.6 Å². The summed E-state index contributed by atoms with van der Waals surface area (Å²) in [5, 5.41) is 0.691. The van der Waals surface area contributed by atoms with Crippen LogP contribution in [0, 0.1) is 17.3 Å². The number of hydrogen-bond acceptors (Lipinski definition) is 3. The van der Waals surface area contributed by atoms with E-state index < -0.39 is 48.2 Å². The minimum absolute atomic E-state index is 0.0830. The summed E-state index contributed by atoms with van der Waals surface area (Å²) < 4.78 is 96.8. The van der Waals surface area contributed by atoms with Gasteiger partial charge in [0.25, 0.3) is 0 Å². The Morgan fingerprint density at radius 3 is 2.22 bits per heavy atom. The van der Waals surface area contributed by atoms with Crippen molar-refractivity contribution in [3.8, 4) is 17.0 Å². The van der Waals surface area contributed by atoms with Gasteiger partial charge in [0.05, 0.1) is 30.0 Å². The van der Waals surface area contributed by atoms with Crippen LogP contribution in [0.25, 0.3) is 22.2 Å². The number of fused-ring (bicyclic) bond motifs is 1. The summed E-state index contributed by atoms with van der Waals surface area (Å²) >= 11 is 0. The van der Waals surface area contributed by atoms with Crippen LogP contribution in [0.5, 0.6) is 5.75 Å². The molecule has 0 N–H and O–H groups in total. The molecule has 1 atom stereocenters. The molecule has 46 heavy (non-hydrogen) atoms. The lowest BCUT2D eigenvalue weighted by Gasteiger charge is -2.30. The summed E-state index contributed by atoms with van der Waals surface area (Å²) in [6.07, 6.45) is -5.43. The molecule has 0 saturated heterocycles. The van der Waals surface area contributed by atoms with Crippen molar-refractivity contribution in [3.63, 3.8) is 0 Å². The van der Waals surface area contributed by atoms with Gasteiger partial charge in [-0.05, 0) is 61.4 Å². The summed E-state index contributed by atoms with van der Waals surface area (Å²) in [6, 6.07) is 11.3. The normalized spacial score (nSPS) is 13.9. The third-order valence-electron chi connectivity index (χ3n) is 8.02. The first-order valence-corrected chi connectivity index (χ1v) is 16.1. The molecule has 1 unspecified atom stereocenters. The van der Waals surface area contributed by atoms with Gasteiger partial charge in [0.2, 0.25) is 0 Å². The van der Waals surface area contributed by atoms with Crippen molar-refractivity contribution in [3.05, 3.63) is 53.6 Å². The Hall–Kier alpha value is -3.17. The maximum Gasteiger partial charge on any atom is 0.417 e. The largest absolute Gasteiger partial charge is 0.493 e. The third kappa shape index (κ3) is 10.7. The highest BCUT2D eigenvalue weighted by Gasteiger charge is 2.41. The molecule has 0 aliphatic carbocycles. The summed E-state index contributed by atoms with van der Waals surface area (Å²) in [7, 11) is 0. The Balaban J connectivity index is 2.03. The van der Waals surface area contributed by atoms with Gasteiger partial charge in [-0.2, -0.15) is 26.3 Å². The Morgan fingerprint density at radius 1 is 0.891 bits per heavy atom. The zero-order valence-corrected chi connectivity index (χ0v) is 27.7. The van der Waals surface area contributed by atoms with Crippen LogP contribution >= 0.6 is 0 Å². The number of carbonyl (C=O) groups is 1. The van der Waals surface area contributed by atoms with Crippen LogP contribution in [0.2, 0.25) is 0 Å². The summed E-state index contributed by atoms with van der Waals surface area (Å²) in [4.78, 5) is 12.0. The number of esters is 1. The molecule has 10 heteroatoms. The van der Waals surface area contributed by atoms with Crippen molar-refractivity contribution in [1.29, 1.82) is 0 Å². The summed E-state index contributed by atoms with van der Waals surface area (Å²) in [6.45, 7) is 10.3. The van der Waals surface area contributed by atoms with Gasteiger partial charge in [0.1, 0.15) is 12.4 Å². The maximum atomic E-state index is 14.5. The molecule has 0 saturated carbocycles. The number of unbranched alkanes of at least 4 members (excludes halogenated alkanes) is 2. The van der Waals surface area contributed by atoms with Crippen LogP contribution in [0.3, 0.4) is 0 Å². The maximum absolute atomic E-state index is 14.5. The Kier molecular flexibility index (Phi) is 12.7. The fraction of sp³-hybridized carbons (Fsp3) is 0.583. The van der Waals surface area contributed by atoms with Crippen LogP contribution < -0.4 is 4.74 Å². The quantitative estimate of drug-likeness (QED) is 0.0876. The highest BCUT2D eigenvalue weighted by atomic mass is 19.4. The lowest BCUT2D eigenvalue weighted by Crippen LogP contribution is -2.36. The fourth-order valence-electron chi connectivity index (χ4n) is 5.53. The van der Waals surface area contributed by atoms with Crippen LogP contribution in [-0.4, -0.2) is 29.9 Å². The van der Waals surface area contributed by atoms with Crippen LogP contribution in [0.1, 0.15) is 91.2 Å². The standard InChI is InChI=1S/C36H47F6NO3/c1-7-8-9-12-26-13-16-29(30(18-26)36(40,41)42)32-19-27-14-15-28(20-31(27)43(32)17-10-11-24(2)3)45-22-34(6,21-35(37,38)39)23-46-33(44)25(4)5/h13-16,18-20,24-25H,7-12,17,21-23H2,1-6H3. The first kappa shape index (κ1) is 37.3. The SMILES string of the molecule is CCCCCc1ccc(-c2cc3ccc(OCC(C)(COC(=O)C(C)C)CC(F)(F)F)cc3n2CCCC(C)C)c(C(F)(F)F)c1. The molecule has 1 aromatic heterocycles. The minimum Gasteiger partial charge on any atom is -0.493 e. The first-order chi connectivity index (χ1) is 21.4. The van der Waals surface area contributed by atoms with Gasteiger partial charge < -0.3 is 14.0 Å². The molecule has 0 spiro atoms. The molecule has 0 amide bonds. The van der Waals surface area contributed by atoms with Crippen LogP contribution in [-0.2, 0) is 28.7 Å². The van der Waals surface area contributed by atoms with E-state index in [9.17, 15) is 31.1 Å². The van der Waals surface area contributed by atoms with E-state index in [0.29, 0.717) is 41.0 Å². The van der Waals surface area contributed by atoms with E-state index in [4.69, 9.17) is 9.47 Å². The van der Waals surface area contributed by atoms with Gasteiger partial charge in [0.15, 0.2) is 0 Å². The Bertz CT molecular complexity index is 1440. The highest BCUT2D eigenvalue weighted by molar-refractivity contribution is 5.89. The van der Waals surface area contributed by atoms with Crippen molar-refractivity contribution in [2.75, 3.05) is 13.2 Å². The number of aromatic nitrogens is 1. The molecular formula is C36H47F6NO3. The van der Waals surface area contributed by atoms with Gasteiger partial charge in [-0.25, -0.2) is 0 Å². The lowest BCUT2D eigenvalue weighted by molar-refractivity contribution is -0.175. The molecule has 3 rings (SSSR count). The number of aryl methyl sites for hydroxylation is 2. The zero-order chi connectivity index (χ0) is 34.3. The molecule has 4 nitrogen and oxygen atoms in total.